The molecule has 0 spiro atoms. The zero-order valence-corrected chi connectivity index (χ0v) is 16.4. The SMILES string of the molecule is CC(Sc1ncnc2scc(-c3ccc(F)cc3)c12)C(=O)N1CCOCC1. The van der Waals surface area contributed by atoms with Crippen LogP contribution in [-0.2, 0) is 9.53 Å². The number of carbonyl (C=O) groups excluding carboxylic acids is 1. The van der Waals surface area contributed by atoms with E-state index in [9.17, 15) is 9.18 Å². The molecule has 5 nitrogen and oxygen atoms in total. The van der Waals surface area contributed by atoms with Gasteiger partial charge in [0.1, 0.15) is 22.0 Å². The number of aromatic nitrogens is 2. The Bertz CT molecular complexity index is 955. The van der Waals surface area contributed by atoms with E-state index in [1.54, 1.807) is 12.1 Å². The number of thiophene rings is 1. The van der Waals surface area contributed by atoms with Crippen LogP contribution in [-0.4, -0.2) is 52.3 Å². The van der Waals surface area contributed by atoms with Gasteiger partial charge in [-0.3, -0.25) is 4.79 Å². The van der Waals surface area contributed by atoms with Gasteiger partial charge in [-0.05, 0) is 24.6 Å². The van der Waals surface area contributed by atoms with E-state index >= 15 is 0 Å². The molecule has 3 heterocycles. The number of nitrogens with zero attached hydrogens (tertiary/aromatic N) is 3. The molecule has 4 rings (SSSR count). The number of fused-ring (bicyclic) bond motifs is 1. The Labute approximate surface area is 164 Å². The van der Waals surface area contributed by atoms with Crippen molar-refractivity contribution in [1.82, 2.24) is 14.9 Å². The standard InChI is InChI=1S/C19H18FN3O2S2/c1-12(19(24)23-6-8-25-9-7-23)27-18-16-15(10-26-17(16)21-11-22-18)13-2-4-14(20)5-3-13/h2-5,10-12H,6-9H2,1H3. The zero-order valence-electron chi connectivity index (χ0n) is 14.7. The predicted molar refractivity (Wildman–Crippen MR) is 106 cm³/mol. The van der Waals surface area contributed by atoms with Crippen molar-refractivity contribution < 1.29 is 13.9 Å². The van der Waals surface area contributed by atoms with Gasteiger partial charge in [-0.15, -0.1) is 11.3 Å². The van der Waals surface area contributed by atoms with Gasteiger partial charge in [-0.1, -0.05) is 23.9 Å². The third kappa shape index (κ3) is 3.83. The molecule has 0 N–H and O–H groups in total. The molecular weight excluding hydrogens is 385 g/mol. The molecule has 1 amide bonds. The second-order valence-electron chi connectivity index (χ2n) is 6.21. The fourth-order valence-electron chi connectivity index (χ4n) is 3.04. The number of ether oxygens (including phenoxy) is 1. The Morgan fingerprint density at radius 1 is 1.26 bits per heavy atom. The van der Waals surface area contributed by atoms with E-state index in [1.807, 2.05) is 17.2 Å². The maximum atomic E-state index is 13.3. The van der Waals surface area contributed by atoms with Crippen LogP contribution in [0.3, 0.4) is 0 Å². The Morgan fingerprint density at radius 2 is 2.00 bits per heavy atom. The van der Waals surface area contributed by atoms with E-state index in [2.05, 4.69) is 9.97 Å². The van der Waals surface area contributed by atoms with Crippen molar-refractivity contribution in [2.75, 3.05) is 26.3 Å². The van der Waals surface area contributed by atoms with Crippen molar-refractivity contribution in [1.29, 1.82) is 0 Å². The lowest BCUT2D eigenvalue weighted by molar-refractivity contribution is -0.134. The first-order valence-electron chi connectivity index (χ1n) is 8.65. The van der Waals surface area contributed by atoms with Gasteiger partial charge < -0.3 is 9.64 Å². The Kier molecular flexibility index (Phi) is 5.38. The number of hydrogen-bond donors (Lipinski definition) is 0. The number of amides is 1. The second-order valence-corrected chi connectivity index (χ2v) is 8.40. The van der Waals surface area contributed by atoms with Crippen LogP contribution in [0.1, 0.15) is 6.92 Å². The summed E-state index contributed by atoms with van der Waals surface area (Å²) in [7, 11) is 0. The molecule has 3 aromatic rings. The number of carbonyl (C=O) groups is 1. The van der Waals surface area contributed by atoms with Crippen LogP contribution in [0.25, 0.3) is 21.3 Å². The fourth-order valence-corrected chi connectivity index (χ4v) is 5.04. The Morgan fingerprint density at radius 3 is 2.74 bits per heavy atom. The van der Waals surface area contributed by atoms with Crippen LogP contribution in [0.2, 0.25) is 0 Å². The summed E-state index contributed by atoms with van der Waals surface area (Å²) in [6.07, 6.45) is 1.53. The summed E-state index contributed by atoms with van der Waals surface area (Å²) in [5.74, 6) is -0.178. The molecule has 1 aliphatic rings. The molecular formula is C19H18FN3O2S2. The van der Waals surface area contributed by atoms with Gasteiger partial charge in [-0.2, -0.15) is 0 Å². The molecule has 2 aromatic heterocycles. The maximum Gasteiger partial charge on any atom is 0.235 e. The molecule has 0 radical (unpaired) electrons. The van der Waals surface area contributed by atoms with E-state index in [0.717, 1.165) is 26.4 Å². The molecule has 8 heteroatoms. The largest absolute Gasteiger partial charge is 0.378 e. The smallest absolute Gasteiger partial charge is 0.235 e. The van der Waals surface area contributed by atoms with Gasteiger partial charge in [0.15, 0.2) is 0 Å². The fraction of sp³-hybridized carbons (Fsp3) is 0.316. The topological polar surface area (TPSA) is 55.3 Å². The van der Waals surface area contributed by atoms with Crippen molar-refractivity contribution in [2.24, 2.45) is 0 Å². The highest BCUT2D eigenvalue weighted by Crippen LogP contribution is 2.39. The Hall–Kier alpha value is -2.03. The molecule has 27 heavy (non-hydrogen) atoms. The van der Waals surface area contributed by atoms with E-state index < -0.39 is 0 Å². The highest BCUT2D eigenvalue weighted by atomic mass is 32.2. The maximum absolute atomic E-state index is 13.3. The molecule has 1 aliphatic heterocycles. The summed E-state index contributed by atoms with van der Waals surface area (Å²) in [6.45, 7) is 4.32. The van der Waals surface area contributed by atoms with Crippen LogP contribution >= 0.6 is 23.1 Å². The number of hydrogen-bond acceptors (Lipinski definition) is 6. The highest BCUT2D eigenvalue weighted by Gasteiger charge is 2.25. The van der Waals surface area contributed by atoms with E-state index in [4.69, 9.17) is 4.74 Å². The minimum atomic E-state index is -0.270. The zero-order chi connectivity index (χ0) is 18.8. The van der Waals surface area contributed by atoms with Crippen LogP contribution in [0.5, 0.6) is 0 Å². The van der Waals surface area contributed by atoms with E-state index in [-0.39, 0.29) is 17.0 Å². The third-order valence-electron chi connectivity index (χ3n) is 4.45. The van der Waals surface area contributed by atoms with Gasteiger partial charge in [0.25, 0.3) is 0 Å². The second kappa shape index (κ2) is 7.92. The molecule has 0 aliphatic carbocycles. The number of benzene rings is 1. The van der Waals surface area contributed by atoms with E-state index in [0.29, 0.717) is 26.3 Å². The molecule has 0 saturated carbocycles. The van der Waals surface area contributed by atoms with Crippen molar-refractivity contribution in [3.8, 4) is 11.1 Å². The van der Waals surface area contributed by atoms with Crippen LogP contribution < -0.4 is 0 Å². The van der Waals surface area contributed by atoms with Crippen LogP contribution in [0.15, 0.2) is 41.0 Å². The van der Waals surface area contributed by atoms with Gasteiger partial charge in [-0.25, -0.2) is 14.4 Å². The van der Waals surface area contributed by atoms with Gasteiger partial charge in [0.05, 0.1) is 23.8 Å². The number of rotatable bonds is 4. The average Bonchev–Trinajstić information content (AvgIpc) is 3.14. The minimum Gasteiger partial charge on any atom is -0.378 e. The van der Waals surface area contributed by atoms with Crippen molar-refractivity contribution in [3.05, 3.63) is 41.8 Å². The lowest BCUT2D eigenvalue weighted by atomic mass is 10.1. The predicted octanol–water partition coefficient (Wildman–Crippen LogP) is 3.84. The summed E-state index contributed by atoms with van der Waals surface area (Å²) in [5, 5.41) is 3.43. The quantitative estimate of drug-likeness (QED) is 0.489. The Balaban J connectivity index is 1.64. The summed E-state index contributed by atoms with van der Waals surface area (Å²) >= 11 is 2.96. The average molecular weight is 404 g/mol. The monoisotopic (exact) mass is 403 g/mol. The summed E-state index contributed by atoms with van der Waals surface area (Å²) in [5.41, 5.74) is 1.87. The molecule has 1 unspecified atom stereocenters. The lowest BCUT2D eigenvalue weighted by Gasteiger charge is -2.29. The number of halogens is 1. The van der Waals surface area contributed by atoms with Gasteiger partial charge >= 0.3 is 0 Å². The first kappa shape index (κ1) is 18.3. The van der Waals surface area contributed by atoms with Crippen molar-refractivity contribution >= 4 is 39.2 Å². The summed E-state index contributed by atoms with van der Waals surface area (Å²) in [6, 6.07) is 6.39. The van der Waals surface area contributed by atoms with Crippen LogP contribution in [0, 0.1) is 5.82 Å². The molecule has 140 valence electrons. The van der Waals surface area contributed by atoms with Gasteiger partial charge in [0.2, 0.25) is 5.91 Å². The first-order valence-corrected chi connectivity index (χ1v) is 10.4. The van der Waals surface area contributed by atoms with Crippen LogP contribution in [0.4, 0.5) is 4.39 Å². The van der Waals surface area contributed by atoms with Gasteiger partial charge in [0, 0.05) is 24.0 Å². The highest BCUT2D eigenvalue weighted by molar-refractivity contribution is 8.00. The minimum absolute atomic E-state index is 0.0913. The first-order chi connectivity index (χ1) is 13.1. The molecule has 1 saturated heterocycles. The summed E-state index contributed by atoms with van der Waals surface area (Å²) in [4.78, 5) is 24.2. The third-order valence-corrected chi connectivity index (χ3v) is 6.42. The molecule has 0 bridgehead atoms. The summed E-state index contributed by atoms with van der Waals surface area (Å²) < 4.78 is 18.6. The molecule has 1 fully saturated rings. The van der Waals surface area contributed by atoms with Crippen molar-refractivity contribution in [3.63, 3.8) is 0 Å². The normalized spacial score (nSPS) is 15.9. The molecule has 1 aromatic carbocycles. The van der Waals surface area contributed by atoms with E-state index in [1.165, 1.54) is 41.6 Å². The molecule has 1 atom stereocenters. The van der Waals surface area contributed by atoms with Crippen molar-refractivity contribution in [2.45, 2.75) is 17.2 Å². The number of thioether (sulfide) groups is 1. The number of morpholine rings is 1. The lowest BCUT2D eigenvalue weighted by Crippen LogP contribution is -2.44.